The van der Waals surface area contributed by atoms with Crippen molar-refractivity contribution in [1.29, 1.82) is 5.53 Å². The van der Waals surface area contributed by atoms with E-state index < -0.39 is 11.2 Å². The molecule has 0 aliphatic heterocycles. The van der Waals surface area contributed by atoms with Crippen molar-refractivity contribution in [2.45, 2.75) is 52.9 Å². The summed E-state index contributed by atoms with van der Waals surface area (Å²) in [6, 6.07) is 3.26. The lowest BCUT2D eigenvalue weighted by molar-refractivity contribution is -0.757. The summed E-state index contributed by atoms with van der Waals surface area (Å²) in [5.74, 6) is 36.7. The van der Waals surface area contributed by atoms with Crippen LogP contribution in [0.15, 0.2) is 40.3 Å². The Bertz CT molecular complexity index is 1840. The van der Waals surface area contributed by atoms with Crippen LogP contribution in [0.25, 0.3) is 0 Å². The predicted molar refractivity (Wildman–Crippen MR) is 192 cm³/mol. The van der Waals surface area contributed by atoms with Gasteiger partial charge in [0.25, 0.3) is 11.8 Å². The standard InChI is InChI=1S/C17H4.C15H21N2O7.H2N4O6.11H2/c1-3-5-7-9-11-13-15-17-16-14-12-10-8-6-4-2;1-3-12(2)24-15(19)22-11-16-8-4-6-13(10-16)14(18)7-5-9-23-17(20)21;1-2-3-4-6-8-10-9-7-5;;;;;;;;;;;/h1H,2H3;4,6,8,10,12H,3,5,7,9,11H2,1-2H3;1,5H;11*1H/q;+1;;;;;;;;;;;;/p+1/b;;2-1?,4-3+;;;;;;;;;;;/t;12-;;;;;;;;;;;;/m.1............/s1. The topological polar surface area (TPSA) is 239 Å². The van der Waals surface area contributed by atoms with Gasteiger partial charge in [0, 0.05) is 48.5 Å². The number of carbonyl (C=O) groups excluding carboxylic acids is 2. The van der Waals surface area contributed by atoms with Crippen molar-refractivity contribution < 1.29 is 79.6 Å². The fourth-order valence-corrected chi connectivity index (χ4v) is 2.22. The van der Waals surface area contributed by atoms with Crippen LogP contribution >= 0.6 is 0 Å². The van der Waals surface area contributed by atoms with E-state index in [0.29, 0.717) is 12.0 Å². The normalized spacial score (nSPS) is 8.61. The molecule has 0 aliphatic carbocycles. The molecule has 19 nitrogen and oxygen atoms in total. The molecule has 0 fully saturated rings. The second-order valence-electron chi connectivity index (χ2n) is 7.70. The number of rotatable bonds is 16. The zero-order valence-corrected chi connectivity index (χ0v) is 27.1. The van der Waals surface area contributed by atoms with E-state index >= 15 is 0 Å². The van der Waals surface area contributed by atoms with Gasteiger partial charge in [-0.1, -0.05) is 12.8 Å². The molecule has 1 rings (SSSR count). The Morgan fingerprint density at radius 2 is 1.65 bits per heavy atom. The minimum Gasteiger partial charge on any atom is -0.431 e. The predicted octanol–water partition coefficient (Wildman–Crippen LogP) is 5.11. The highest BCUT2D eigenvalue weighted by Gasteiger charge is 2.14. The summed E-state index contributed by atoms with van der Waals surface area (Å²) in [6.45, 7) is 5.14. The first-order chi connectivity index (χ1) is 24.7. The molecule has 0 unspecified atom stereocenters. The van der Waals surface area contributed by atoms with Gasteiger partial charge in [-0.15, -0.1) is 16.5 Å². The van der Waals surface area contributed by atoms with E-state index in [4.69, 9.17) is 26.7 Å². The number of pyridine rings is 1. The summed E-state index contributed by atoms with van der Waals surface area (Å²) in [6.07, 6.45) is 8.11. The third-order valence-electron chi connectivity index (χ3n) is 4.31. The van der Waals surface area contributed by atoms with Crippen molar-refractivity contribution in [2.24, 2.45) is 15.7 Å². The Morgan fingerprint density at radius 1 is 1.04 bits per heavy atom. The van der Waals surface area contributed by atoms with Crippen molar-refractivity contribution in [1.82, 2.24) is 0 Å². The number of terminal acetylenes is 1. The third kappa shape index (κ3) is 33.7. The van der Waals surface area contributed by atoms with E-state index in [0.717, 1.165) is 0 Å². The van der Waals surface area contributed by atoms with Crippen LogP contribution in [0, 0.1) is 111 Å². The summed E-state index contributed by atoms with van der Waals surface area (Å²) < 4.78 is 11.5. The summed E-state index contributed by atoms with van der Waals surface area (Å²) in [7, 11) is 0. The molecule has 0 saturated carbocycles. The molecule has 0 saturated heterocycles. The Kier molecular flexibility index (Phi) is 31.7. The summed E-state index contributed by atoms with van der Waals surface area (Å²) >= 11 is 0. The van der Waals surface area contributed by atoms with Gasteiger partial charge >= 0.3 is 6.16 Å². The van der Waals surface area contributed by atoms with Crippen LogP contribution in [0.4, 0.5) is 4.79 Å². The first kappa shape index (κ1) is 45.7. The highest BCUT2D eigenvalue weighted by atomic mass is 17.8. The fraction of sp³-hybridized carbons (Fsp3) is 0.281. The van der Waals surface area contributed by atoms with Crippen LogP contribution in [0.5, 0.6) is 0 Å². The molecule has 19 heteroatoms. The number of ketones is 1. The van der Waals surface area contributed by atoms with Crippen molar-refractivity contribution in [2.75, 3.05) is 6.61 Å². The number of aromatic nitrogens is 1. The minimum atomic E-state index is -0.892. The molecule has 1 aromatic rings. The molecular formula is C32H50N6O13+2. The zero-order valence-electron chi connectivity index (χ0n) is 27.1. The van der Waals surface area contributed by atoms with E-state index in [1.807, 2.05) is 6.92 Å². The van der Waals surface area contributed by atoms with E-state index in [1.54, 1.807) is 32.2 Å². The minimum absolute atomic E-state index is 0. The number of carbonyl (C=O) groups is 2. The molecular weight excluding hydrogens is 676 g/mol. The Labute approximate surface area is 308 Å². The number of hydrogen-bond donors (Lipinski definition) is 1. The van der Waals surface area contributed by atoms with Crippen LogP contribution in [0.1, 0.15) is 66.1 Å². The lowest BCUT2D eigenvalue weighted by Gasteiger charge is -2.09. The molecule has 0 spiro atoms. The number of nitrogens with zero attached hydrogens (tertiary/aromatic N) is 5. The van der Waals surface area contributed by atoms with E-state index in [1.165, 1.54) is 10.8 Å². The average Bonchev–Trinajstić information content (AvgIpc) is 3.13. The fourth-order valence-electron chi connectivity index (χ4n) is 2.22. The smallest absolute Gasteiger partial charge is 0.431 e. The second kappa shape index (κ2) is 35.4. The van der Waals surface area contributed by atoms with Gasteiger partial charge in [-0.3, -0.25) is 4.79 Å². The molecule has 0 amide bonds. The first-order valence-electron chi connectivity index (χ1n) is 13.5. The molecule has 1 atom stereocenters. The average molecular weight is 727 g/mol. The third-order valence-corrected chi connectivity index (χ3v) is 4.31. The first-order valence-corrected chi connectivity index (χ1v) is 13.5. The maximum absolute atomic E-state index is 12.0. The van der Waals surface area contributed by atoms with E-state index in [-0.39, 0.29) is 53.8 Å². The van der Waals surface area contributed by atoms with Gasteiger partial charge in [-0.05, 0) is 121 Å². The lowest BCUT2D eigenvalue weighted by atomic mass is 10.1. The Hall–Kier alpha value is -7.43. The molecule has 1 aromatic heterocycles. The Balaban J connectivity index is -0.0000000517. The van der Waals surface area contributed by atoms with Crippen LogP contribution in [-0.4, -0.2) is 35.0 Å². The molecule has 0 bridgehead atoms. The number of hydrogen-bond acceptors (Lipinski definition) is 14. The van der Waals surface area contributed by atoms with Crippen molar-refractivity contribution >= 4 is 11.9 Å². The van der Waals surface area contributed by atoms with Crippen molar-refractivity contribution in [3.05, 3.63) is 40.2 Å². The van der Waals surface area contributed by atoms with E-state index in [2.05, 4.69) is 135 Å². The highest BCUT2D eigenvalue weighted by Crippen LogP contribution is 2.04. The van der Waals surface area contributed by atoms with Crippen molar-refractivity contribution in [3.63, 3.8) is 0 Å². The lowest BCUT2D eigenvalue weighted by Crippen LogP contribution is -2.36. The van der Waals surface area contributed by atoms with Gasteiger partial charge in [0.1, 0.15) is 11.1 Å². The second-order valence-corrected chi connectivity index (χ2v) is 7.70. The van der Waals surface area contributed by atoms with Crippen LogP contribution in [0.2, 0.25) is 0 Å². The zero-order chi connectivity index (χ0) is 38.2. The molecule has 0 radical (unpaired) electrons. The molecule has 51 heavy (non-hydrogen) atoms. The number of Topliss-reactive ketones (excluding diaryl/α,β-unsaturated/α-hetero) is 1. The van der Waals surface area contributed by atoms with Crippen molar-refractivity contribution in [3.8, 4) is 95.2 Å². The van der Waals surface area contributed by atoms with Crippen LogP contribution in [-0.2, 0) is 46.2 Å². The van der Waals surface area contributed by atoms with Crippen LogP contribution in [0.3, 0.4) is 0 Å². The molecule has 3 N–H and O–H groups in total. The number of ether oxygens (including phenoxy) is 2. The van der Waals surface area contributed by atoms with Gasteiger partial charge in [0.15, 0.2) is 18.2 Å². The molecule has 0 aromatic carbocycles. The maximum atomic E-state index is 12.0. The summed E-state index contributed by atoms with van der Waals surface area (Å²) in [5, 5.41) is 36.0. The summed E-state index contributed by atoms with van der Waals surface area (Å²) in [5.41, 5.74) is 6.44. The van der Waals surface area contributed by atoms with Gasteiger partial charge in [-0.25, -0.2) is 10.1 Å². The quantitative estimate of drug-likeness (QED) is 0.0223. The molecule has 0 aliphatic rings. The summed E-state index contributed by atoms with van der Waals surface area (Å²) in [4.78, 5) is 41.2. The highest BCUT2D eigenvalue weighted by molar-refractivity contribution is 5.95. The van der Waals surface area contributed by atoms with Gasteiger partial charge in [0.2, 0.25) is 0 Å². The largest absolute Gasteiger partial charge is 0.513 e. The maximum Gasteiger partial charge on any atom is 0.513 e. The van der Waals surface area contributed by atoms with Crippen LogP contribution < -0.4 is 4.57 Å². The van der Waals surface area contributed by atoms with Gasteiger partial charge < -0.3 is 14.3 Å². The Morgan fingerprint density at radius 3 is 2.18 bits per heavy atom. The molecule has 1 heterocycles. The monoisotopic (exact) mass is 726 g/mol. The van der Waals surface area contributed by atoms with Gasteiger partial charge in [0.05, 0.1) is 17.4 Å². The SMILES string of the molecule is C#CC#CC#CC#CC#CC#CC#CC#CC.CC[C@@H](C)OC(=O)OC[n+]1cccc(C(=O)CCCO[N+](=O)[O-])c1.N=N/N=N/OOOOO[OH2+].[HH].[HH].[HH].[HH].[HH].[HH].[HH].[HH].[HH].[HH].[HH]. The van der Waals surface area contributed by atoms with Gasteiger partial charge in [-0.2, -0.15) is 15.1 Å². The number of nitrogens with one attached hydrogen (secondary N) is 1. The molecule has 284 valence electrons. The van der Waals surface area contributed by atoms with E-state index in [9.17, 15) is 19.7 Å².